The highest BCUT2D eigenvalue weighted by Gasteiger charge is 2.41. The maximum Gasteiger partial charge on any atom is 0.170 e. The van der Waals surface area contributed by atoms with Crippen molar-refractivity contribution in [1.29, 1.82) is 0 Å². The van der Waals surface area contributed by atoms with Crippen LogP contribution in [0.5, 0.6) is 0 Å². The third-order valence-electron chi connectivity index (χ3n) is 5.62. The highest BCUT2D eigenvalue weighted by atomic mass is 32.1. The number of hydrogen-bond acceptors (Lipinski definition) is 3. The molecule has 0 radical (unpaired) electrons. The average Bonchev–Trinajstić information content (AvgIpc) is 3.28. The van der Waals surface area contributed by atoms with E-state index in [0.717, 1.165) is 5.69 Å². The van der Waals surface area contributed by atoms with Crippen LogP contribution in [0, 0.1) is 0 Å². The van der Waals surface area contributed by atoms with Crippen LogP contribution in [0.4, 0.5) is 0 Å². The fourth-order valence-corrected chi connectivity index (χ4v) is 4.76. The first-order chi connectivity index (χ1) is 12.8. The zero-order valence-corrected chi connectivity index (χ0v) is 15.7. The van der Waals surface area contributed by atoms with E-state index in [-0.39, 0.29) is 18.7 Å². The fourth-order valence-electron chi connectivity index (χ4n) is 4.43. The van der Waals surface area contributed by atoms with Gasteiger partial charge in [0, 0.05) is 30.7 Å². The molecule has 2 aromatic heterocycles. The first-order valence-corrected chi connectivity index (χ1v) is 9.96. The van der Waals surface area contributed by atoms with Crippen molar-refractivity contribution >= 4 is 17.3 Å². The number of nitrogens with one attached hydrogen (secondary N) is 1. The van der Waals surface area contributed by atoms with Crippen molar-refractivity contribution in [2.45, 2.75) is 50.2 Å². The Labute approximate surface area is 160 Å². The molecule has 0 spiro atoms. The Balaban J connectivity index is 1.72. The minimum absolute atomic E-state index is 0.00695. The summed E-state index contributed by atoms with van der Waals surface area (Å²) in [6.45, 7) is 0.604. The molecule has 0 amide bonds. The van der Waals surface area contributed by atoms with Gasteiger partial charge >= 0.3 is 0 Å². The third-order valence-corrected chi connectivity index (χ3v) is 5.97. The number of aliphatic hydroxyl groups is 1. The lowest BCUT2D eigenvalue weighted by Crippen LogP contribution is -2.33. The molecule has 0 aromatic carbocycles. The van der Waals surface area contributed by atoms with Crippen molar-refractivity contribution in [3.05, 3.63) is 54.1 Å². The molecule has 1 aliphatic heterocycles. The molecule has 2 N–H and O–H groups in total. The van der Waals surface area contributed by atoms with Crippen molar-refractivity contribution in [2.75, 3.05) is 13.2 Å². The number of pyridine rings is 1. The summed E-state index contributed by atoms with van der Waals surface area (Å²) in [6.07, 6.45) is 10.4. The van der Waals surface area contributed by atoms with Crippen LogP contribution in [0.25, 0.3) is 0 Å². The molecular formula is C20H26N4OS. The van der Waals surface area contributed by atoms with Crippen LogP contribution >= 0.6 is 12.2 Å². The summed E-state index contributed by atoms with van der Waals surface area (Å²) in [4.78, 5) is 6.69. The third kappa shape index (κ3) is 3.23. The first kappa shape index (κ1) is 17.5. The van der Waals surface area contributed by atoms with Crippen LogP contribution in [0.15, 0.2) is 42.7 Å². The summed E-state index contributed by atoms with van der Waals surface area (Å²) < 4.78 is 2.44. The van der Waals surface area contributed by atoms with Crippen molar-refractivity contribution < 1.29 is 5.11 Å². The normalized spacial score (nSPS) is 24.0. The highest BCUT2D eigenvalue weighted by Crippen LogP contribution is 2.40. The molecule has 2 aromatic rings. The maximum atomic E-state index is 9.58. The second kappa shape index (κ2) is 7.76. The molecule has 6 heteroatoms. The van der Waals surface area contributed by atoms with Crippen LogP contribution in [0.2, 0.25) is 0 Å². The van der Waals surface area contributed by atoms with Gasteiger partial charge in [0.25, 0.3) is 0 Å². The lowest BCUT2D eigenvalue weighted by molar-refractivity contribution is 0.214. The van der Waals surface area contributed by atoms with Crippen molar-refractivity contribution in [2.24, 2.45) is 0 Å². The summed E-state index contributed by atoms with van der Waals surface area (Å²) in [5.41, 5.74) is 2.24. The molecule has 3 heterocycles. The molecule has 1 saturated carbocycles. The average molecular weight is 371 g/mol. The summed E-state index contributed by atoms with van der Waals surface area (Å²) in [7, 11) is 0. The topological polar surface area (TPSA) is 53.3 Å². The lowest BCUT2D eigenvalue weighted by atomic mass is 9.94. The molecule has 2 atom stereocenters. The Morgan fingerprint density at radius 1 is 1.15 bits per heavy atom. The van der Waals surface area contributed by atoms with Gasteiger partial charge in [-0.2, -0.15) is 0 Å². The number of β-amino-alcohol motifs (C(OH)–C–C–N with tert-alkyl or cyclic N) is 1. The van der Waals surface area contributed by atoms with Gasteiger partial charge in [0.2, 0.25) is 0 Å². The Morgan fingerprint density at radius 3 is 2.73 bits per heavy atom. The second-order valence-electron chi connectivity index (χ2n) is 7.18. The summed E-state index contributed by atoms with van der Waals surface area (Å²) >= 11 is 5.60. The van der Waals surface area contributed by atoms with E-state index in [4.69, 9.17) is 12.2 Å². The Kier molecular flexibility index (Phi) is 5.22. The van der Waals surface area contributed by atoms with E-state index in [0.29, 0.717) is 17.7 Å². The number of aliphatic hydroxyl groups excluding tert-OH is 1. The minimum atomic E-state index is -0.00695. The van der Waals surface area contributed by atoms with E-state index in [1.54, 1.807) is 0 Å². The van der Waals surface area contributed by atoms with Gasteiger partial charge in [-0.15, -0.1) is 0 Å². The molecule has 0 unspecified atom stereocenters. The monoisotopic (exact) mass is 370 g/mol. The minimum Gasteiger partial charge on any atom is -0.395 e. The van der Waals surface area contributed by atoms with E-state index in [1.165, 1.54) is 37.8 Å². The number of aromatic nitrogens is 2. The van der Waals surface area contributed by atoms with Gasteiger partial charge in [-0.3, -0.25) is 4.98 Å². The molecule has 1 aliphatic carbocycles. The molecule has 1 saturated heterocycles. The first-order valence-electron chi connectivity index (χ1n) is 9.55. The van der Waals surface area contributed by atoms with Gasteiger partial charge in [-0.1, -0.05) is 25.3 Å². The van der Waals surface area contributed by atoms with Crippen LogP contribution in [-0.2, 0) is 0 Å². The van der Waals surface area contributed by atoms with Gasteiger partial charge < -0.3 is 19.9 Å². The predicted molar refractivity (Wildman–Crippen MR) is 106 cm³/mol. The van der Waals surface area contributed by atoms with Gasteiger partial charge in [0.15, 0.2) is 5.11 Å². The van der Waals surface area contributed by atoms with Crippen molar-refractivity contribution in [1.82, 2.24) is 19.8 Å². The zero-order valence-electron chi connectivity index (χ0n) is 14.9. The van der Waals surface area contributed by atoms with E-state index in [2.05, 4.69) is 38.1 Å². The van der Waals surface area contributed by atoms with Crippen molar-refractivity contribution in [3.63, 3.8) is 0 Å². The van der Waals surface area contributed by atoms with Crippen LogP contribution < -0.4 is 5.32 Å². The number of thiocarbonyl (C=S) groups is 1. The molecule has 4 rings (SSSR count). The molecule has 138 valence electrons. The smallest absolute Gasteiger partial charge is 0.170 e. The standard InChI is InChI=1S/C20H26N4OS/c25-14-13-24-19(18(22-20(24)26)16-9-4-5-11-21-16)17-10-6-12-23(17)15-7-2-1-3-8-15/h4-6,9-12,15,18-19,25H,1-3,7-8,13-14H2,(H,22,26)/t18-,19-/m1/s1. The quantitative estimate of drug-likeness (QED) is 0.791. The Morgan fingerprint density at radius 2 is 2.00 bits per heavy atom. The van der Waals surface area contributed by atoms with E-state index in [1.807, 2.05) is 24.4 Å². The molecule has 2 aliphatic rings. The lowest BCUT2D eigenvalue weighted by Gasteiger charge is -2.32. The molecular weight excluding hydrogens is 344 g/mol. The summed E-state index contributed by atoms with van der Waals surface area (Å²) in [6, 6.07) is 10.9. The van der Waals surface area contributed by atoms with E-state index >= 15 is 0 Å². The van der Waals surface area contributed by atoms with Gasteiger partial charge in [-0.05, 0) is 49.3 Å². The summed E-state index contributed by atoms with van der Waals surface area (Å²) in [5.74, 6) is 0. The fraction of sp³-hybridized carbons (Fsp3) is 0.500. The Bertz CT molecular complexity index is 741. The number of nitrogens with zero attached hydrogens (tertiary/aromatic N) is 3. The second-order valence-corrected chi connectivity index (χ2v) is 7.56. The highest BCUT2D eigenvalue weighted by molar-refractivity contribution is 7.80. The van der Waals surface area contributed by atoms with Crippen LogP contribution in [-0.4, -0.2) is 37.8 Å². The molecule has 0 bridgehead atoms. The number of hydrogen-bond donors (Lipinski definition) is 2. The van der Waals surface area contributed by atoms with Gasteiger partial charge in [-0.25, -0.2) is 0 Å². The van der Waals surface area contributed by atoms with Crippen LogP contribution in [0.1, 0.15) is 61.6 Å². The molecule has 5 nitrogen and oxygen atoms in total. The zero-order chi connectivity index (χ0) is 17.9. The Hall–Kier alpha value is -1.92. The molecule has 2 fully saturated rings. The van der Waals surface area contributed by atoms with Gasteiger partial charge in [0.1, 0.15) is 0 Å². The van der Waals surface area contributed by atoms with Gasteiger partial charge in [0.05, 0.1) is 24.4 Å². The van der Waals surface area contributed by atoms with Crippen molar-refractivity contribution in [3.8, 4) is 0 Å². The SMILES string of the molecule is OCCN1C(=S)N[C@H](c2ccccn2)[C@H]1c1cccn1C1CCCCC1. The summed E-state index contributed by atoms with van der Waals surface area (Å²) in [5, 5.41) is 13.7. The molecule has 26 heavy (non-hydrogen) atoms. The largest absolute Gasteiger partial charge is 0.395 e. The van der Waals surface area contributed by atoms with Crippen LogP contribution in [0.3, 0.4) is 0 Å². The van der Waals surface area contributed by atoms with E-state index in [9.17, 15) is 5.11 Å². The maximum absolute atomic E-state index is 9.58. The predicted octanol–water partition coefficient (Wildman–Crippen LogP) is 3.35. The van der Waals surface area contributed by atoms with E-state index < -0.39 is 0 Å². The number of rotatable bonds is 5.